The minimum atomic E-state index is 0. The molecule has 7 heteroatoms. The molecule has 148 valence electrons. The standard InChI is InChI=1S/C19H30N4O.2ClH/c1-15-11-17(12-20)14-23(15)19(24)18-5-3-16(4-6-18)13-22-9-7-21(2)8-10-22;;/h3-6,15,17H,7-14,20H2,1-2H3;2*1H. The molecule has 0 aromatic heterocycles. The molecule has 26 heavy (non-hydrogen) atoms. The predicted octanol–water partition coefficient (Wildman–Crippen LogP) is 2.09. The van der Waals surface area contributed by atoms with Crippen molar-refractivity contribution in [1.82, 2.24) is 14.7 Å². The fourth-order valence-corrected chi connectivity index (χ4v) is 3.78. The van der Waals surface area contributed by atoms with Gasteiger partial charge in [-0.3, -0.25) is 9.69 Å². The Morgan fingerprint density at radius 3 is 2.27 bits per heavy atom. The lowest BCUT2D eigenvalue weighted by atomic mass is 10.1. The van der Waals surface area contributed by atoms with Gasteiger partial charge in [-0.25, -0.2) is 0 Å². The number of amides is 1. The molecule has 2 unspecified atom stereocenters. The molecule has 1 aromatic rings. The molecule has 2 atom stereocenters. The maximum Gasteiger partial charge on any atom is 0.254 e. The van der Waals surface area contributed by atoms with Crippen LogP contribution in [0.4, 0.5) is 0 Å². The zero-order valence-electron chi connectivity index (χ0n) is 15.8. The molecular weight excluding hydrogens is 371 g/mol. The van der Waals surface area contributed by atoms with E-state index < -0.39 is 0 Å². The first-order valence-corrected chi connectivity index (χ1v) is 9.07. The highest BCUT2D eigenvalue weighted by molar-refractivity contribution is 5.94. The van der Waals surface area contributed by atoms with Gasteiger partial charge in [-0.05, 0) is 50.6 Å². The molecule has 2 aliphatic heterocycles. The maximum atomic E-state index is 12.7. The summed E-state index contributed by atoms with van der Waals surface area (Å²) in [5, 5.41) is 0. The number of likely N-dealkylation sites (tertiary alicyclic amines) is 1. The minimum absolute atomic E-state index is 0. The van der Waals surface area contributed by atoms with Crippen molar-refractivity contribution in [3.8, 4) is 0 Å². The molecule has 2 fully saturated rings. The molecule has 5 nitrogen and oxygen atoms in total. The number of carbonyl (C=O) groups excluding carboxylic acids is 1. The fraction of sp³-hybridized carbons (Fsp3) is 0.632. The number of hydrogen-bond acceptors (Lipinski definition) is 4. The van der Waals surface area contributed by atoms with Crippen LogP contribution in [0.3, 0.4) is 0 Å². The van der Waals surface area contributed by atoms with Gasteiger partial charge in [0.05, 0.1) is 0 Å². The van der Waals surface area contributed by atoms with E-state index in [2.05, 4.69) is 35.9 Å². The Labute approximate surface area is 169 Å². The second kappa shape index (κ2) is 10.5. The second-order valence-electron chi connectivity index (χ2n) is 7.42. The molecule has 2 heterocycles. The van der Waals surface area contributed by atoms with E-state index in [0.717, 1.165) is 51.3 Å². The SMILES string of the molecule is CC1CC(CN)CN1C(=O)c1ccc(CN2CCN(C)CC2)cc1.Cl.Cl. The summed E-state index contributed by atoms with van der Waals surface area (Å²) in [5.41, 5.74) is 7.84. The molecule has 0 spiro atoms. The average molecular weight is 403 g/mol. The number of rotatable bonds is 4. The molecule has 2 N–H and O–H groups in total. The Hall–Kier alpha value is -0.850. The second-order valence-corrected chi connectivity index (χ2v) is 7.42. The highest BCUT2D eigenvalue weighted by Crippen LogP contribution is 2.24. The fourth-order valence-electron chi connectivity index (χ4n) is 3.78. The van der Waals surface area contributed by atoms with E-state index in [1.807, 2.05) is 17.0 Å². The van der Waals surface area contributed by atoms with E-state index >= 15 is 0 Å². The third-order valence-corrected chi connectivity index (χ3v) is 5.46. The Kier molecular flexibility index (Phi) is 9.34. The molecular formula is C19H32Cl2N4O. The molecule has 1 aromatic carbocycles. The Bertz CT molecular complexity index is 561. The average Bonchev–Trinajstić information content (AvgIpc) is 2.98. The summed E-state index contributed by atoms with van der Waals surface area (Å²) in [6, 6.07) is 8.46. The van der Waals surface area contributed by atoms with Crippen LogP contribution in [0.25, 0.3) is 0 Å². The van der Waals surface area contributed by atoms with Gasteiger partial charge in [-0.1, -0.05) is 12.1 Å². The largest absolute Gasteiger partial charge is 0.336 e. The van der Waals surface area contributed by atoms with E-state index in [1.54, 1.807) is 0 Å². The zero-order chi connectivity index (χ0) is 17.1. The van der Waals surface area contributed by atoms with E-state index in [-0.39, 0.29) is 36.8 Å². The number of carbonyl (C=O) groups is 1. The molecule has 2 aliphatic rings. The predicted molar refractivity (Wildman–Crippen MR) is 111 cm³/mol. The summed E-state index contributed by atoms with van der Waals surface area (Å²) >= 11 is 0. The van der Waals surface area contributed by atoms with Crippen LogP contribution in [0.15, 0.2) is 24.3 Å². The minimum Gasteiger partial charge on any atom is -0.336 e. The van der Waals surface area contributed by atoms with Crippen LogP contribution in [-0.4, -0.2) is 73.0 Å². The van der Waals surface area contributed by atoms with Gasteiger partial charge in [-0.2, -0.15) is 0 Å². The van der Waals surface area contributed by atoms with Crippen molar-refractivity contribution in [3.63, 3.8) is 0 Å². The lowest BCUT2D eigenvalue weighted by molar-refractivity contribution is 0.0743. The summed E-state index contributed by atoms with van der Waals surface area (Å²) in [6.07, 6.45) is 1.02. The van der Waals surface area contributed by atoms with Crippen LogP contribution in [-0.2, 0) is 6.54 Å². The summed E-state index contributed by atoms with van der Waals surface area (Å²) < 4.78 is 0. The Morgan fingerprint density at radius 2 is 1.73 bits per heavy atom. The number of hydrogen-bond donors (Lipinski definition) is 1. The van der Waals surface area contributed by atoms with Gasteiger partial charge in [0.15, 0.2) is 0 Å². The van der Waals surface area contributed by atoms with Gasteiger partial charge >= 0.3 is 0 Å². The van der Waals surface area contributed by atoms with E-state index in [9.17, 15) is 4.79 Å². The molecule has 0 bridgehead atoms. The smallest absolute Gasteiger partial charge is 0.254 e. The number of piperazine rings is 1. The van der Waals surface area contributed by atoms with Gasteiger partial charge in [0.2, 0.25) is 0 Å². The molecule has 1 amide bonds. The summed E-state index contributed by atoms with van der Waals surface area (Å²) in [7, 11) is 2.17. The van der Waals surface area contributed by atoms with E-state index in [1.165, 1.54) is 5.56 Å². The number of benzene rings is 1. The van der Waals surface area contributed by atoms with Crippen molar-refractivity contribution >= 4 is 30.7 Å². The summed E-state index contributed by atoms with van der Waals surface area (Å²) in [6.45, 7) is 9.04. The number of nitrogens with two attached hydrogens (primary N) is 1. The topological polar surface area (TPSA) is 52.8 Å². The van der Waals surface area contributed by atoms with Crippen molar-refractivity contribution in [2.75, 3.05) is 46.3 Å². The van der Waals surface area contributed by atoms with Crippen LogP contribution in [0, 0.1) is 5.92 Å². The van der Waals surface area contributed by atoms with Crippen molar-refractivity contribution in [3.05, 3.63) is 35.4 Å². The van der Waals surface area contributed by atoms with Crippen molar-refractivity contribution in [2.45, 2.75) is 25.9 Å². The first-order valence-electron chi connectivity index (χ1n) is 9.07. The molecule has 2 saturated heterocycles. The van der Waals surface area contributed by atoms with Gasteiger partial charge < -0.3 is 15.5 Å². The van der Waals surface area contributed by atoms with Gasteiger partial charge in [-0.15, -0.1) is 24.8 Å². The van der Waals surface area contributed by atoms with Crippen LogP contribution < -0.4 is 5.73 Å². The van der Waals surface area contributed by atoms with E-state index in [4.69, 9.17) is 5.73 Å². The van der Waals surface area contributed by atoms with Crippen LogP contribution >= 0.6 is 24.8 Å². The third kappa shape index (κ3) is 5.57. The third-order valence-electron chi connectivity index (χ3n) is 5.46. The van der Waals surface area contributed by atoms with Crippen LogP contribution in [0.1, 0.15) is 29.3 Å². The first-order chi connectivity index (χ1) is 11.6. The molecule has 0 aliphatic carbocycles. The Balaban J connectivity index is 0.00000169. The maximum absolute atomic E-state index is 12.7. The lowest BCUT2D eigenvalue weighted by Crippen LogP contribution is -2.43. The van der Waals surface area contributed by atoms with Crippen molar-refractivity contribution in [2.24, 2.45) is 11.7 Å². The Morgan fingerprint density at radius 1 is 1.12 bits per heavy atom. The van der Waals surface area contributed by atoms with Gasteiger partial charge in [0.25, 0.3) is 5.91 Å². The number of nitrogens with zero attached hydrogens (tertiary/aromatic N) is 3. The molecule has 0 saturated carbocycles. The molecule has 3 rings (SSSR count). The van der Waals surface area contributed by atoms with Gasteiger partial charge in [0.1, 0.15) is 0 Å². The highest BCUT2D eigenvalue weighted by atomic mass is 35.5. The first kappa shape index (κ1) is 23.2. The summed E-state index contributed by atoms with van der Waals surface area (Å²) in [4.78, 5) is 19.5. The zero-order valence-corrected chi connectivity index (χ0v) is 17.4. The van der Waals surface area contributed by atoms with Crippen LogP contribution in [0.2, 0.25) is 0 Å². The summed E-state index contributed by atoms with van der Waals surface area (Å²) in [5.74, 6) is 0.588. The van der Waals surface area contributed by atoms with Crippen LogP contribution in [0.5, 0.6) is 0 Å². The van der Waals surface area contributed by atoms with Crippen molar-refractivity contribution < 1.29 is 4.79 Å². The van der Waals surface area contributed by atoms with Gasteiger partial charge in [0, 0.05) is 50.9 Å². The lowest BCUT2D eigenvalue weighted by Gasteiger charge is -2.32. The highest BCUT2D eigenvalue weighted by Gasteiger charge is 2.32. The number of likely N-dealkylation sites (N-methyl/N-ethyl adjacent to an activating group) is 1. The van der Waals surface area contributed by atoms with Crippen molar-refractivity contribution in [1.29, 1.82) is 0 Å². The number of halogens is 2. The normalized spacial score (nSPS) is 24.0. The quantitative estimate of drug-likeness (QED) is 0.837. The van der Waals surface area contributed by atoms with E-state index in [0.29, 0.717) is 12.5 Å². The monoisotopic (exact) mass is 402 g/mol. The molecule has 0 radical (unpaired) electrons.